The predicted molar refractivity (Wildman–Crippen MR) is 80.8 cm³/mol. The first-order valence-electron chi connectivity index (χ1n) is 6.38. The molecule has 0 aliphatic heterocycles. The number of ether oxygens (including phenoxy) is 3. The normalized spacial score (nSPS) is 10.2. The molecule has 0 saturated heterocycles. The Morgan fingerprint density at radius 2 is 1.82 bits per heavy atom. The van der Waals surface area contributed by atoms with Gasteiger partial charge in [-0.15, -0.1) is 0 Å². The van der Waals surface area contributed by atoms with Crippen molar-refractivity contribution in [1.82, 2.24) is 0 Å². The van der Waals surface area contributed by atoms with E-state index in [2.05, 4.69) is 0 Å². The third-order valence-corrected chi connectivity index (χ3v) is 3.26. The maximum atomic E-state index is 13.0. The lowest BCUT2D eigenvalue weighted by Crippen LogP contribution is -2.12. The fraction of sp³-hybridized carbons (Fsp3) is 0.188. The zero-order valence-electron chi connectivity index (χ0n) is 12.1. The molecule has 0 aromatic heterocycles. The molecule has 116 valence electrons. The van der Waals surface area contributed by atoms with Crippen LogP contribution in [-0.4, -0.2) is 26.6 Å². The third-order valence-electron chi connectivity index (χ3n) is 2.97. The molecule has 22 heavy (non-hydrogen) atoms. The maximum Gasteiger partial charge on any atom is 0.200 e. The molecule has 2 aromatic carbocycles. The van der Waals surface area contributed by atoms with Gasteiger partial charge < -0.3 is 14.2 Å². The van der Waals surface area contributed by atoms with Crippen LogP contribution in [0.15, 0.2) is 36.4 Å². The Balaban J connectivity index is 2.07. The first-order valence-corrected chi connectivity index (χ1v) is 6.76. The molecule has 2 rings (SSSR count). The molecule has 0 fully saturated rings. The Hall–Kier alpha value is -2.27. The van der Waals surface area contributed by atoms with Crippen LogP contribution in [0.4, 0.5) is 4.39 Å². The summed E-state index contributed by atoms with van der Waals surface area (Å²) in [4.78, 5) is 12.1. The predicted octanol–water partition coefficient (Wildman–Crippen LogP) is 3.76. The fourth-order valence-electron chi connectivity index (χ4n) is 1.81. The van der Waals surface area contributed by atoms with Crippen LogP contribution in [0, 0.1) is 5.82 Å². The van der Waals surface area contributed by atoms with Crippen molar-refractivity contribution in [2.45, 2.75) is 0 Å². The second-order valence-electron chi connectivity index (χ2n) is 4.36. The van der Waals surface area contributed by atoms with E-state index in [1.807, 2.05) is 0 Å². The quantitative estimate of drug-likeness (QED) is 0.759. The van der Waals surface area contributed by atoms with Crippen molar-refractivity contribution in [2.24, 2.45) is 0 Å². The summed E-state index contributed by atoms with van der Waals surface area (Å²) >= 11 is 5.65. The van der Waals surface area contributed by atoms with E-state index in [9.17, 15) is 9.18 Å². The van der Waals surface area contributed by atoms with E-state index in [1.165, 1.54) is 32.4 Å². The highest BCUT2D eigenvalue weighted by Gasteiger charge is 2.12. The van der Waals surface area contributed by atoms with Gasteiger partial charge in [-0.3, -0.25) is 4.79 Å². The minimum absolute atomic E-state index is 0.0592. The summed E-state index contributed by atoms with van der Waals surface area (Å²) in [6.07, 6.45) is 0. The average Bonchev–Trinajstić information content (AvgIpc) is 2.54. The molecule has 0 saturated carbocycles. The van der Waals surface area contributed by atoms with Gasteiger partial charge in [-0.05, 0) is 30.3 Å². The number of methoxy groups -OCH3 is 2. The Morgan fingerprint density at radius 1 is 1.09 bits per heavy atom. The number of hydrogen-bond acceptors (Lipinski definition) is 4. The van der Waals surface area contributed by atoms with E-state index in [-0.39, 0.29) is 17.4 Å². The van der Waals surface area contributed by atoms with Gasteiger partial charge in [0, 0.05) is 11.6 Å². The SMILES string of the molecule is COc1ccc(C(=O)COc2ccc(F)c(Cl)c2)cc1OC. The van der Waals surface area contributed by atoms with Crippen LogP contribution < -0.4 is 14.2 Å². The highest BCUT2D eigenvalue weighted by molar-refractivity contribution is 6.30. The lowest BCUT2D eigenvalue weighted by Gasteiger charge is -2.10. The summed E-state index contributed by atoms with van der Waals surface area (Å²) < 4.78 is 28.6. The van der Waals surface area contributed by atoms with Crippen LogP contribution in [0.2, 0.25) is 5.02 Å². The second-order valence-corrected chi connectivity index (χ2v) is 4.76. The molecular weight excluding hydrogens is 311 g/mol. The number of benzene rings is 2. The van der Waals surface area contributed by atoms with Gasteiger partial charge in [0.05, 0.1) is 19.2 Å². The summed E-state index contributed by atoms with van der Waals surface area (Å²) in [5, 5.41) is -0.0592. The van der Waals surface area contributed by atoms with Crippen LogP contribution in [0.25, 0.3) is 0 Å². The molecule has 0 spiro atoms. The molecule has 0 unspecified atom stereocenters. The molecule has 0 atom stereocenters. The molecule has 6 heteroatoms. The van der Waals surface area contributed by atoms with Crippen LogP contribution in [-0.2, 0) is 0 Å². The number of carbonyl (C=O) groups excluding carboxylic acids is 1. The van der Waals surface area contributed by atoms with Gasteiger partial charge in [0.1, 0.15) is 11.6 Å². The van der Waals surface area contributed by atoms with Gasteiger partial charge in [-0.1, -0.05) is 11.6 Å². The van der Waals surface area contributed by atoms with Crippen molar-refractivity contribution in [1.29, 1.82) is 0 Å². The van der Waals surface area contributed by atoms with Crippen molar-refractivity contribution >= 4 is 17.4 Å². The number of hydrogen-bond donors (Lipinski definition) is 0. The van der Waals surface area contributed by atoms with Crippen molar-refractivity contribution in [3.8, 4) is 17.2 Å². The van der Waals surface area contributed by atoms with E-state index in [0.29, 0.717) is 22.8 Å². The molecule has 0 bridgehead atoms. The first kappa shape index (κ1) is 16.1. The van der Waals surface area contributed by atoms with Gasteiger partial charge >= 0.3 is 0 Å². The number of carbonyl (C=O) groups is 1. The Morgan fingerprint density at radius 3 is 2.45 bits per heavy atom. The highest BCUT2D eigenvalue weighted by atomic mass is 35.5. The lowest BCUT2D eigenvalue weighted by atomic mass is 10.1. The minimum atomic E-state index is -0.541. The summed E-state index contributed by atoms with van der Waals surface area (Å²) in [5.74, 6) is 0.519. The molecule has 0 N–H and O–H groups in total. The summed E-state index contributed by atoms with van der Waals surface area (Å²) in [6.45, 7) is -0.197. The number of halogens is 2. The zero-order valence-corrected chi connectivity index (χ0v) is 12.8. The fourth-order valence-corrected chi connectivity index (χ4v) is 1.98. The average molecular weight is 325 g/mol. The van der Waals surface area contributed by atoms with Gasteiger partial charge in [-0.25, -0.2) is 4.39 Å². The van der Waals surface area contributed by atoms with E-state index in [1.54, 1.807) is 18.2 Å². The second kappa shape index (κ2) is 7.13. The monoisotopic (exact) mass is 324 g/mol. The smallest absolute Gasteiger partial charge is 0.200 e. The van der Waals surface area contributed by atoms with Crippen molar-refractivity contribution in [3.05, 3.63) is 52.8 Å². The van der Waals surface area contributed by atoms with Crippen molar-refractivity contribution < 1.29 is 23.4 Å². The zero-order chi connectivity index (χ0) is 16.1. The van der Waals surface area contributed by atoms with E-state index in [4.69, 9.17) is 25.8 Å². The summed E-state index contributed by atoms with van der Waals surface area (Å²) in [7, 11) is 3.00. The van der Waals surface area contributed by atoms with Gasteiger partial charge in [0.15, 0.2) is 23.9 Å². The summed E-state index contributed by atoms with van der Waals surface area (Å²) in [5.41, 5.74) is 0.422. The number of Topliss-reactive ketones (excluding diaryl/α,β-unsaturated/α-hetero) is 1. The van der Waals surface area contributed by atoms with E-state index >= 15 is 0 Å². The third kappa shape index (κ3) is 3.68. The standard InChI is InChI=1S/C16H14ClFO4/c1-20-15-6-3-10(7-16(15)21-2)14(19)9-22-11-4-5-13(18)12(17)8-11/h3-8H,9H2,1-2H3. The highest BCUT2D eigenvalue weighted by Crippen LogP contribution is 2.28. The molecule has 0 heterocycles. The van der Waals surface area contributed by atoms with E-state index < -0.39 is 5.82 Å². The van der Waals surface area contributed by atoms with Crippen LogP contribution >= 0.6 is 11.6 Å². The van der Waals surface area contributed by atoms with Gasteiger partial charge in [0.2, 0.25) is 0 Å². The molecule has 4 nitrogen and oxygen atoms in total. The van der Waals surface area contributed by atoms with E-state index in [0.717, 1.165) is 0 Å². The van der Waals surface area contributed by atoms with Crippen LogP contribution in [0.1, 0.15) is 10.4 Å². The largest absolute Gasteiger partial charge is 0.493 e. The Bertz CT molecular complexity index is 688. The minimum Gasteiger partial charge on any atom is -0.493 e. The van der Waals surface area contributed by atoms with Gasteiger partial charge in [-0.2, -0.15) is 0 Å². The molecule has 0 aliphatic carbocycles. The first-order chi connectivity index (χ1) is 10.5. The molecule has 2 aromatic rings. The van der Waals surface area contributed by atoms with Crippen LogP contribution in [0.3, 0.4) is 0 Å². The Kier molecular flexibility index (Phi) is 5.22. The van der Waals surface area contributed by atoms with Crippen molar-refractivity contribution in [3.63, 3.8) is 0 Å². The van der Waals surface area contributed by atoms with Crippen LogP contribution in [0.5, 0.6) is 17.2 Å². The number of rotatable bonds is 6. The van der Waals surface area contributed by atoms with Crippen molar-refractivity contribution in [2.75, 3.05) is 20.8 Å². The molecule has 0 radical (unpaired) electrons. The van der Waals surface area contributed by atoms with Gasteiger partial charge in [0.25, 0.3) is 0 Å². The molecular formula is C16H14ClFO4. The summed E-state index contributed by atoms with van der Waals surface area (Å²) in [6, 6.07) is 8.73. The Labute approximate surface area is 132 Å². The molecule has 0 aliphatic rings. The molecule has 0 amide bonds. The topological polar surface area (TPSA) is 44.8 Å². The number of ketones is 1. The maximum absolute atomic E-state index is 13.0. The lowest BCUT2D eigenvalue weighted by molar-refractivity contribution is 0.0921.